The topological polar surface area (TPSA) is 93.5 Å². The molecule has 2 rings (SSSR count). The number of hydrogen-bond acceptors (Lipinski definition) is 6. The Morgan fingerprint density at radius 2 is 2.00 bits per heavy atom. The van der Waals surface area contributed by atoms with Crippen LogP contribution in [-0.4, -0.2) is 46.3 Å². The maximum Gasteiger partial charge on any atom is 0.418 e. The fraction of sp³-hybridized carbons (Fsp3) is 0.312. The number of methoxy groups -OCH3 is 1. The normalized spacial score (nSPS) is 13.7. The third-order valence-corrected chi connectivity index (χ3v) is 4.06. The van der Waals surface area contributed by atoms with Gasteiger partial charge in [-0.05, 0) is 19.1 Å². The summed E-state index contributed by atoms with van der Waals surface area (Å²) >= 11 is 5.94. The van der Waals surface area contributed by atoms with Crippen molar-refractivity contribution in [2.24, 2.45) is 0 Å². The number of nitrogens with one attached hydrogen (secondary N) is 1. The van der Waals surface area contributed by atoms with E-state index in [2.05, 4.69) is 15.2 Å². The number of carbonyl (C=O) groups is 1. The van der Waals surface area contributed by atoms with Crippen LogP contribution in [0.2, 0.25) is 5.02 Å². The molecule has 1 unspecified atom stereocenters. The Morgan fingerprint density at radius 1 is 1.37 bits per heavy atom. The number of ether oxygens (including phenoxy) is 1. The highest BCUT2D eigenvalue weighted by Gasteiger charge is 2.49. The number of anilines is 1. The molecule has 27 heavy (non-hydrogen) atoms. The number of nitrogens with zero attached hydrogens (tertiary/aromatic N) is 2. The van der Waals surface area contributed by atoms with Gasteiger partial charge < -0.3 is 15.2 Å². The van der Waals surface area contributed by atoms with Crippen LogP contribution >= 0.6 is 11.6 Å². The standard InChI is InChI=1S/C16H15ClF3N3O4/c1-15(26,16(18,19)20)8-21-10-7-22-23(13(24)12(10)17)11-6-4-3-5-9(11)14(25)27-2/h3-7,21,26H,8H2,1-2H3. The second kappa shape index (κ2) is 7.57. The fourth-order valence-electron chi connectivity index (χ4n) is 2.04. The van der Waals surface area contributed by atoms with Gasteiger partial charge in [0.2, 0.25) is 0 Å². The van der Waals surface area contributed by atoms with E-state index in [1.165, 1.54) is 19.2 Å². The molecule has 0 saturated carbocycles. The second-order valence-electron chi connectivity index (χ2n) is 5.72. The van der Waals surface area contributed by atoms with Gasteiger partial charge in [-0.3, -0.25) is 4.79 Å². The summed E-state index contributed by atoms with van der Waals surface area (Å²) in [6, 6.07) is 5.95. The van der Waals surface area contributed by atoms with E-state index in [1.807, 2.05) is 0 Å². The Balaban J connectivity index is 2.40. The first-order chi connectivity index (χ1) is 12.5. The molecule has 0 amide bonds. The third kappa shape index (κ3) is 4.22. The number of esters is 1. The van der Waals surface area contributed by atoms with Crippen molar-refractivity contribution in [2.45, 2.75) is 18.7 Å². The molecule has 11 heteroatoms. The summed E-state index contributed by atoms with van der Waals surface area (Å²) in [6.07, 6.45) is -3.86. The van der Waals surface area contributed by atoms with Crippen LogP contribution in [0.15, 0.2) is 35.3 Å². The first-order valence-electron chi connectivity index (χ1n) is 7.48. The monoisotopic (exact) mass is 405 g/mol. The van der Waals surface area contributed by atoms with Crippen molar-refractivity contribution in [3.63, 3.8) is 0 Å². The Hall–Kier alpha value is -2.59. The summed E-state index contributed by atoms with van der Waals surface area (Å²) in [6.45, 7) is -0.366. The fourth-order valence-corrected chi connectivity index (χ4v) is 2.23. The zero-order valence-corrected chi connectivity index (χ0v) is 14.9. The van der Waals surface area contributed by atoms with E-state index >= 15 is 0 Å². The Labute approximate surface area is 156 Å². The molecule has 7 nitrogen and oxygen atoms in total. The molecule has 1 atom stereocenters. The predicted molar refractivity (Wildman–Crippen MR) is 91.4 cm³/mol. The highest BCUT2D eigenvalue weighted by atomic mass is 35.5. The van der Waals surface area contributed by atoms with Crippen LogP contribution in [0.1, 0.15) is 17.3 Å². The SMILES string of the molecule is COC(=O)c1ccccc1-n1ncc(NCC(C)(O)C(F)(F)F)c(Cl)c1=O. The van der Waals surface area contributed by atoms with E-state index in [0.29, 0.717) is 6.92 Å². The second-order valence-corrected chi connectivity index (χ2v) is 6.10. The molecule has 1 aromatic heterocycles. The van der Waals surface area contributed by atoms with E-state index in [1.54, 1.807) is 12.1 Å². The molecule has 2 N–H and O–H groups in total. The molecule has 146 valence electrons. The minimum Gasteiger partial charge on any atom is -0.465 e. The van der Waals surface area contributed by atoms with Gasteiger partial charge >= 0.3 is 12.1 Å². The largest absolute Gasteiger partial charge is 0.465 e. The number of aromatic nitrogens is 2. The van der Waals surface area contributed by atoms with Gasteiger partial charge in [0.1, 0.15) is 5.02 Å². The van der Waals surface area contributed by atoms with Gasteiger partial charge in [-0.15, -0.1) is 0 Å². The van der Waals surface area contributed by atoms with E-state index < -0.39 is 34.9 Å². The number of aliphatic hydroxyl groups is 1. The predicted octanol–water partition coefficient (Wildman–Crippen LogP) is 2.40. The summed E-state index contributed by atoms with van der Waals surface area (Å²) in [5.41, 5.74) is -3.97. The zero-order valence-electron chi connectivity index (χ0n) is 14.2. The molecule has 0 bridgehead atoms. The van der Waals surface area contributed by atoms with Crippen LogP contribution in [0.25, 0.3) is 5.69 Å². The highest BCUT2D eigenvalue weighted by Crippen LogP contribution is 2.30. The van der Waals surface area contributed by atoms with Gasteiger partial charge in [-0.2, -0.15) is 23.0 Å². The summed E-state index contributed by atoms with van der Waals surface area (Å²) < 4.78 is 43.6. The minimum atomic E-state index is -4.88. The van der Waals surface area contributed by atoms with E-state index in [9.17, 15) is 27.9 Å². The molecule has 0 fully saturated rings. The van der Waals surface area contributed by atoms with Gasteiger partial charge in [0.15, 0.2) is 5.60 Å². The molecule has 0 aliphatic carbocycles. The van der Waals surface area contributed by atoms with E-state index in [4.69, 9.17) is 11.6 Å². The summed E-state index contributed by atoms with van der Waals surface area (Å²) in [7, 11) is 1.17. The lowest BCUT2D eigenvalue weighted by Gasteiger charge is -2.26. The number of halogens is 4. The summed E-state index contributed by atoms with van der Waals surface area (Å²) in [5.74, 6) is -0.709. The Kier molecular flexibility index (Phi) is 5.81. The van der Waals surface area contributed by atoms with Gasteiger partial charge in [0, 0.05) is 0 Å². The number of hydrogen-bond donors (Lipinski definition) is 2. The van der Waals surface area contributed by atoms with Gasteiger partial charge in [0.05, 0.1) is 36.8 Å². The molecule has 0 aliphatic heterocycles. The average molecular weight is 406 g/mol. The first kappa shape index (κ1) is 20.7. The number of alkyl halides is 3. The maximum absolute atomic E-state index is 12.7. The van der Waals surface area contributed by atoms with E-state index in [-0.39, 0.29) is 16.9 Å². The zero-order chi connectivity index (χ0) is 20.4. The quantitative estimate of drug-likeness (QED) is 0.742. The van der Waals surface area contributed by atoms with Crippen LogP contribution in [0.5, 0.6) is 0 Å². The van der Waals surface area contributed by atoms with Crippen molar-refractivity contribution in [3.8, 4) is 5.69 Å². The van der Waals surface area contributed by atoms with Gasteiger partial charge in [-0.25, -0.2) is 4.79 Å². The van der Waals surface area contributed by atoms with Crippen molar-refractivity contribution in [3.05, 3.63) is 51.4 Å². The number of benzene rings is 1. The van der Waals surface area contributed by atoms with Gasteiger partial charge in [-0.1, -0.05) is 23.7 Å². The lowest BCUT2D eigenvalue weighted by Crippen LogP contribution is -2.47. The number of carbonyl (C=O) groups excluding carboxylic acids is 1. The number of para-hydroxylation sites is 1. The van der Waals surface area contributed by atoms with Crippen LogP contribution in [-0.2, 0) is 4.74 Å². The lowest BCUT2D eigenvalue weighted by molar-refractivity contribution is -0.246. The van der Waals surface area contributed by atoms with Crippen molar-refractivity contribution in [2.75, 3.05) is 19.0 Å². The maximum atomic E-state index is 12.7. The lowest BCUT2D eigenvalue weighted by atomic mass is 10.1. The van der Waals surface area contributed by atoms with Crippen molar-refractivity contribution in [1.29, 1.82) is 0 Å². The van der Waals surface area contributed by atoms with Crippen LogP contribution in [0.4, 0.5) is 18.9 Å². The molecule has 0 saturated heterocycles. The van der Waals surface area contributed by atoms with Gasteiger partial charge in [0.25, 0.3) is 5.56 Å². The molecular weight excluding hydrogens is 391 g/mol. The molecule has 0 aliphatic rings. The molecular formula is C16H15ClF3N3O4. The number of rotatable bonds is 5. The molecule has 1 heterocycles. The smallest absolute Gasteiger partial charge is 0.418 e. The molecule has 0 spiro atoms. The van der Waals surface area contributed by atoms with Crippen LogP contribution < -0.4 is 10.9 Å². The highest BCUT2D eigenvalue weighted by molar-refractivity contribution is 6.33. The third-order valence-electron chi connectivity index (χ3n) is 3.69. The van der Waals surface area contributed by atoms with E-state index in [0.717, 1.165) is 10.9 Å². The summed E-state index contributed by atoms with van der Waals surface area (Å²) in [4.78, 5) is 24.3. The van der Waals surface area contributed by atoms with Crippen LogP contribution in [0, 0.1) is 0 Å². The molecule has 2 aromatic rings. The minimum absolute atomic E-state index is 0.0476. The summed E-state index contributed by atoms with van der Waals surface area (Å²) in [5, 5.41) is 15.1. The Morgan fingerprint density at radius 3 is 2.59 bits per heavy atom. The average Bonchev–Trinajstić information content (AvgIpc) is 2.61. The van der Waals surface area contributed by atoms with Crippen LogP contribution in [0.3, 0.4) is 0 Å². The van der Waals surface area contributed by atoms with Crippen molar-refractivity contribution >= 4 is 23.3 Å². The molecule has 0 radical (unpaired) electrons. The Bertz CT molecular complexity index is 913. The molecule has 1 aromatic carbocycles. The van der Waals surface area contributed by atoms with Crippen molar-refractivity contribution < 1.29 is 27.8 Å². The first-order valence-corrected chi connectivity index (χ1v) is 7.86. The van der Waals surface area contributed by atoms with Crippen molar-refractivity contribution in [1.82, 2.24) is 9.78 Å².